The van der Waals surface area contributed by atoms with Gasteiger partial charge in [-0.1, -0.05) is 24.3 Å². The summed E-state index contributed by atoms with van der Waals surface area (Å²) in [6, 6.07) is 10.7. The minimum Gasteiger partial charge on any atom is -0.337 e. The third kappa shape index (κ3) is 3.45. The Bertz CT molecular complexity index is 931. The summed E-state index contributed by atoms with van der Waals surface area (Å²) in [6.07, 6.45) is 1.07. The summed E-state index contributed by atoms with van der Waals surface area (Å²) in [5.41, 5.74) is 2.52. The van der Waals surface area contributed by atoms with E-state index in [2.05, 4.69) is 24.0 Å². The molecule has 2 aliphatic heterocycles. The smallest absolute Gasteiger partial charge is 0.320 e. The molecule has 2 aliphatic rings. The maximum atomic E-state index is 13.1. The number of carbonyl (C=O) groups excluding carboxylic acids is 2. The van der Waals surface area contributed by atoms with Crippen LogP contribution in [0.2, 0.25) is 0 Å². The van der Waals surface area contributed by atoms with Crippen molar-refractivity contribution in [2.75, 3.05) is 33.7 Å². The molecule has 29 heavy (non-hydrogen) atoms. The fraction of sp³-hybridized carbons (Fsp3) is 0.409. The zero-order valence-electron chi connectivity index (χ0n) is 16.9. The van der Waals surface area contributed by atoms with Gasteiger partial charge in [0.15, 0.2) is 0 Å². The third-order valence-electron chi connectivity index (χ3n) is 6.03. The highest BCUT2D eigenvalue weighted by atomic mass is 19.1. The Hall–Kier alpha value is -2.96. The normalized spacial score (nSPS) is 23.2. The molecule has 0 unspecified atom stereocenters. The molecule has 0 radical (unpaired) electrons. The van der Waals surface area contributed by atoms with E-state index < -0.39 is 5.82 Å². The van der Waals surface area contributed by atoms with Gasteiger partial charge in [-0.15, -0.1) is 0 Å². The van der Waals surface area contributed by atoms with Crippen molar-refractivity contribution in [2.24, 2.45) is 11.8 Å². The second-order valence-corrected chi connectivity index (χ2v) is 8.13. The Kier molecular flexibility index (Phi) is 4.98. The fourth-order valence-corrected chi connectivity index (χ4v) is 4.65. The number of likely N-dealkylation sites (tertiary alicyclic amines) is 2. The van der Waals surface area contributed by atoms with E-state index in [1.54, 1.807) is 23.9 Å². The molecule has 3 heterocycles. The first kappa shape index (κ1) is 19.4. The first-order chi connectivity index (χ1) is 13.9. The molecular formula is C22H25FN4O2. The Morgan fingerprint density at radius 3 is 2.52 bits per heavy atom. The predicted octanol–water partition coefficient (Wildman–Crippen LogP) is 2.96. The van der Waals surface area contributed by atoms with Gasteiger partial charge in [0.05, 0.1) is 12.2 Å². The second-order valence-electron chi connectivity index (χ2n) is 8.13. The average molecular weight is 396 g/mol. The number of aryl methyl sites for hydroxylation is 1. The van der Waals surface area contributed by atoms with Crippen LogP contribution in [0.5, 0.6) is 0 Å². The molecule has 7 heteroatoms. The summed E-state index contributed by atoms with van der Waals surface area (Å²) in [4.78, 5) is 35.0. The molecular weight excluding hydrogens is 371 g/mol. The van der Waals surface area contributed by atoms with Crippen LogP contribution < -0.4 is 0 Å². The van der Waals surface area contributed by atoms with Gasteiger partial charge < -0.3 is 14.7 Å². The lowest BCUT2D eigenvalue weighted by atomic mass is 9.88. The van der Waals surface area contributed by atoms with Gasteiger partial charge in [-0.3, -0.25) is 4.79 Å². The van der Waals surface area contributed by atoms with E-state index in [-0.39, 0.29) is 35.5 Å². The SMILES string of the molecule is Cc1ccccc1[C@H]1[C@@H]2CN(C(=O)c3ccc(F)cn3)C[C@@H]2CN1C(=O)N(C)C. The number of pyridine rings is 1. The summed E-state index contributed by atoms with van der Waals surface area (Å²) in [5, 5.41) is 0. The largest absolute Gasteiger partial charge is 0.337 e. The van der Waals surface area contributed by atoms with Crippen molar-refractivity contribution in [1.29, 1.82) is 0 Å². The van der Waals surface area contributed by atoms with Crippen molar-refractivity contribution in [3.63, 3.8) is 0 Å². The molecule has 6 nitrogen and oxygen atoms in total. The quantitative estimate of drug-likeness (QED) is 0.784. The molecule has 0 N–H and O–H groups in total. The summed E-state index contributed by atoms with van der Waals surface area (Å²) in [6.45, 7) is 3.80. The minimum absolute atomic E-state index is 0.00858. The maximum absolute atomic E-state index is 13.1. The minimum atomic E-state index is -0.461. The van der Waals surface area contributed by atoms with Crippen molar-refractivity contribution in [3.8, 4) is 0 Å². The summed E-state index contributed by atoms with van der Waals surface area (Å²) < 4.78 is 13.1. The Balaban J connectivity index is 1.62. The van der Waals surface area contributed by atoms with E-state index in [1.165, 1.54) is 12.1 Å². The number of carbonyl (C=O) groups is 2. The molecule has 2 fully saturated rings. The van der Waals surface area contributed by atoms with Crippen molar-refractivity contribution in [2.45, 2.75) is 13.0 Å². The zero-order chi connectivity index (χ0) is 20.7. The van der Waals surface area contributed by atoms with Crippen LogP contribution in [-0.4, -0.2) is 65.4 Å². The van der Waals surface area contributed by atoms with Gasteiger partial charge in [0.1, 0.15) is 11.5 Å². The molecule has 0 bridgehead atoms. The average Bonchev–Trinajstić information content (AvgIpc) is 3.26. The molecule has 0 aliphatic carbocycles. The van der Waals surface area contributed by atoms with Gasteiger partial charge in [-0.2, -0.15) is 0 Å². The molecule has 1 aromatic heterocycles. The second kappa shape index (κ2) is 7.46. The van der Waals surface area contributed by atoms with E-state index in [9.17, 15) is 14.0 Å². The molecule has 3 amide bonds. The van der Waals surface area contributed by atoms with Gasteiger partial charge in [0.2, 0.25) is 0 Å². The number of aromatic nitrogens is 1. The van der Waals surface area contributed by atoms with Gasteiger partial charge in [-0.05, 0) is 30.2 Å². The Labute approximate surface area is 169 Å². The van der Waals surface area contributed by atoms with E-state index in [0.717, 1.165) is 17.3 Å². The van der Waals surface area contributed by atoms with Gasteiger partial charge in [-0.25, -0.2) is 14.2 Å². The van der Waals surface area contributed by atoms with Crippen LogP contribution in [-0.2, 0) is 0 Å². The summed E-state index contributed by atoms with van der Waals surface area (Å²) >= 11 is 0. The third-order valence-corrected chi connectivity index (χ3v) is 6.03. The number of amides is 3. The number of rotatable bonds is 2. The van der Waals surface area contributed by atoms with E-state index >= 15 is 0 Å². The topological polar surface area (TPSA) is 56.8 Å². The van der Waals surface area contributed by atoms with Crippen LogP contribution in [0.3, 0.4) is 0 Å². The number of hydrogen-bond donors (Lipinski definition) is 0. The number of hydrogen-bond acceptors (Lipinski definition) is 3. The highest BCUT2D eigenvalue weighted by Crippen LogP contribution is 2.46. The molecule has 0 saturated carbocycles. The Morgan fingerprint density at radius 1 is 1.10 bits per heavy atom. The standard InChI is InChI=1S/C22H25FN4O2/c1-14-6-4-5-7-17(14)20-18-13-26(21(28)19-9-8-16(23)10-24-19)11-15(18)12-27(20)22(29)25(2)3/h4-10,15,18,20H,11-13H2,1-3H3/t15-,18-,20+/m1/s1. The molecule has 152 valence electrons. The van der Waals surface area contributed by atoms with Crippen LogP contribution in [0, 0.1) is 24.6 Å². The van der Waals surface area contributed by atoms with Crippen LogP contribution in [0.25, 0.3) is 0 Å². The molecule has 1 aromatic carbocycles. The van der Waals surface area contributed by atoms with E-state index in [1.807, 2.05) is 17.0 Å². The van der Waals surface area contributed by atoms with Gasteiger partial charge in [0.25, 0.3) is 5.91 Å². The molecule has 0 spiro atoms. The lowest BCUT2D eigenvalue weighted by Gasteiger charge is -2.32. The van der Waals surface area contributed by atoms with Crippen LogP contribution >= 0.6 is 0 Å². The van der Waals surface area contributed by atoms with Crippen molar-refractivity contribution in [3.05, 3.63) is 65.2 Å². The van der Waals surface area contributed by atoms with Crippen molar-refractivity contribution >= 4 is 11.9 Å². The van der Waals surface area contributed by atoms with E-state index in [4.69, 9.17) is 0 Å². The zero-order valence-corrected chi connectivity index (χ0v) is 16.9. The van der Waals surface area contributed by atoms with Crippen LogP contribution in [0.4, 0.5) is 9.18 Å². The van der Waals surface area contributed by atoms with Crippen molar-refractivity contribution < 1.29 is 14.0 Å². The lowest BCUT2D eigenvalue weighted by molar-refractivity contribution is 0.0760. The molecule has 3 atom stereocenters. The maximum Gasteiger partial charge on any atom is 0.320 e. The number of urea groups is 1. The number of halogens is 1. The Morgan fingerprint density at radius 2 is 1.86 bits per heavy atom. The predicted molar refractivity (Wildman–Crippen MR) is 107 cm³/mol. The fourth-order valence-electron chi connectivity index (χ4n) is 4.65. The monoisotopic (exact) mass is 396 g/mol. The first-order valence-corrected chi connectivity index (χ1v) is 9.81. The first-order valence-electron chi connectivity index (χ1n) is 9.81. The van der Waals surface area contributed by atoms with Crippen LogP contribution in [0.1, 0.15) is 27.7 Å². The number of benzene rings is 1. The number of nitrogens with zero attached hydrogens (tertiary/aromatic N) is 4. The van der Waals surface area contributed by atoms with Crippen molar-refractivity contribution in [1.82, 2.24) is 19.7 Å². The molecule has 4 rings (SSSR count). The lowest BCUT2D eigenvalue weighted by Crippen LogP contribution is -2.42. The highest BCUT2D eigenvalue weighted by Gasteiger charge is 2.50. The van der Waals surface area contributed by atoms with Gasteiger partial charge >= 0.3 is 6.03 Å². The van der Waals surface area contributed by atoms with E-state index in [0.29, 0.717) is 19.6 Å². The summed E-state index contributed by atoms with van der Waals surface area (Å²) in [7, 11) is 3.53. The van der Waals surface area contributed by atoms with Gasteiger partial charge in [0, 0.05) is 45.6 Å². The summed E-state index contributed by atoms with van der Waals surface area (Å²) in [5.74, 6) is -0.289. The number of fused-ring (bicyclic) bond motifs is 1. The molecule has 2 saturated heterocycles. The van der Waals surface area contributed by atoms with Crippen LogP contribution in [0.15, 0.2) is 42.6 Å². The highest BCUT2D eigenvalue weighted by molar-refractivity contribution is 5.92. The molecule has 2 aromatic rings.